The number of aryl methyl sites for hydroxylation is 1. The molecule has 4 heteroatoms. The summed E-state index contributed by atoms with van der Waals surface area (Å²) in [6, 6.07) is 15.0. The lowest BCUT2D eigenvalue weighted by molar-refractivity contribution is -0.123. The molecule has 1 atom stereocenters. The fourth-order valence-electron chi connectivity index (χ4n) is 2.51. The second kappa shape index (κ2) is 5.40. The molecule has 1 heterocycles. The molecule has 0 bridgehead atoms. The third kappa shape index (κ3) is 2.79. The van der Waals surface area contributed by atoms with Gasteiger partial charge in [-0.2, -0.15) is 0 Å². The van der Waals surface area contributed by atoms with Gasteiger partial charge in [0, 0.05) is 17.8 Å². The van der Waals surface area contributed by atoms with Gasteiger partial charge in [-0.15, -0.1) is 0 Å². The number of hydrogen-bond donors (Lipinski definition) is 2. The molecule has 4 nitrogen and oxygen atoms in total. The molecule has 2 amide bonds. The SMILES string of the molecule is Cc1ccc(NC(=O)[C@H]2CC(=O)Nc3ccccc32)cc1. The normalized spacial score (nSPS) is 16.8. The molecule has 0 saturated carbocycles. The van der Waals surface area contributed by atoms with E-state index in [1.165, 1.54) is 0 Å². The van der Waals surface area contributed by atoms with E-state index in [1.54, 1.807) is 0 Å². The van der Waals surface area contributed by atoms with Crippen LogP contribution in [0.2, 0.25) is 0 Å². The standard InChI is InChI=1S/C17H16N2O2/c1-11-6-8-12(9-7-11)18-17(21)14-10-16(20)19-15-5-3-2-4-13(14)15/h2-9,14H,10H2,1H3,(H,18,21)(H,19,20)/t14-/m0/s1. The van der Waals surface area contributed by atoms with Crippen molar-refractivity contribution in [1.82, 2.24) is 0 Å². The van der Waals surface area contributed by atoms with Gasteiger partial charge in [0.25, 0.3) is 0 Å². The summed E-state index contributed by atoms with van der Waals surface area (Å²) in [7, 11) is 0. The number of nitrogens with one attached hydrogen (secondary N) is 2. The van der Waals surface area contributed by atoms with Crippen molar-refractivity contribution in [2.75, 3.05) is 10.6 Å². The van der Waals surface area contributed by atoms with Crippen LogP contribution in [0.5, 0.6) is 0 Å². The molecular weight excluding hydrogens is 264 g/mol. The smallest absolute Gasteiger partial charge is 0.232 e. The number of hydrogen-bond acceptors (Lipinski definition) is 2. The Morgan fingerprint density at radius 1 is 1.14 bits per heavy atom. The predicted molar refractivity (Wildman–Crippen MR) is 82.2 cm³/mol. The van der Waals surface area contributed by atoms with Gasteiger partial charge in [0.1, 0.15) is 0 Å². The minimum Gasteiger partial charge on any atom is -0.326 e. The van der Waals surface area contributed by atoms with Crippen LogP contribution in [0, 0.1) is 6.92 Å². The van der Waals surface area contributed by atoms with Gasteiger partial charge in [0.05, 0.1) is 5.92 Å². The van der Waals surface area contributed by atoms with E-state index in [0.29, 0.717) is 0 Å². The summed E-state index contributed by atoms with van der Waals surface area (Å²) >= 11 is 0. The van der Waals surface area contributed by atoms with Crippen LogP contribution in [0.3, 0.4) is 0 Å². The summed E-state index contributed by atoms with van der Waals surface area (Å²) in [4.78, 5) is 24.2. The Morgan fingerprint density at radius 3 is 2.62 bits per heavy atom. The molecule has 2 aromatic rings. The molecule has 1 aliphatic rings. The average Bonchev–Trinajstić information content (AvgIpc) is 2.48. The lowest BCUT2D eigenvalue weighted by Gasteiger charge is -2.24. The van der Waals surface area contributed by atoms with E-state index in [4.69, 9.17) is 0 Å². The Morgan fingerprint density at radius 2 is 1.86 bits per heavy atom. The number of para-hydroxylation sites is 1. The van der Waals surface area contributed by atoms with Crippen LogP contribution in [0.4, 0.5) is 11.4 Å². The Balaban J connectivity index is 1.84. The van der Waals surface area contributed by atoms with Gasteiger partial charge in [0.15, 0.2) is 0 Å². The van der Waals surface area contributed by atoms with Crippen molar-refractivity contribution in [3.63, 3.8) is 0 Å². The lowest BCUT2D eigenvalue weighted by Crippen LogP contribution is -2.30. The summed E-state index contributed by atoms with van der Waals surface area (Å²) < 4.78 is 0. The molecule has 2 N–H and O–H groups in total. The van der Waals surface area contributed by atoms with E-state index in [-0.39, 0.29) is 18.2 Å². The second-order valence-corrected chi connectivity index (χ2v) is 5.25. The third-order valence-electron chi connectivity index (χ3n) is 3.64. The molecular formula is C17H16N2O2. The average molecular weight is 280 g/mol. The predicted octanol–water partition coefficient (Wildman–Crippen LogP) is 3.06. The molecule has 0 unspecified atom stereocenters. The fourth-order valence-corrected chi connectivity index (χ4v) is 2.51. The first-order valence-corrected chi connectivity index (χ1v) is 6.90. The summed E-state index contributed by atoms with van der Waals surface area (Å²) in [5, 5.41) is 5.68. The number of carbonyl (C=O) groups excluding carboxylic acids is 2. The van der Waals surface area contributed by atoms with Gasteiger partial charge in [-0.1, -0.05) is 35.9 Å². The van der Waals surface area contributed by atoms with Crippen molar-refractivity contribution >= 4 is 23.2 Å². The van der Waals surface area contributed by atoms with Crippen molar-refractivity contribution in [3.05, 3.63) is 59.7 Å². The summed E-state index contributed by atoms with van der Waals surface area (Å²) in [6.45, 7) is 1.99. The highest BCUT2D eigenvalue weighted by Gasteiger charge is 2.30. The first-order chi connectivity index (χ1) is 10.1. The third-order valence-corrected chi connectivity index (χ3v) is 3.64. The van der Waals surface area contributed by atoms with Crippen molar-refractivity contribution in [2.45, 2.75) is 19.3 Å². The van der Waals surface area contributed by atoms with Gasteiger partial charge < -0.3 is 10.6 Å². The monoisotopic (exact) mass is 280 g/mol. The molecule has 0 aromatic heterocycles. The van der Waals surface area contributed by atoms with Crippen LogP contribution < -0.4 is 10.6 Å². The topological polar surface area (TPSA) is 58.2 Å². The van der Waals surface area contributed by atoms with Gasteiger partial charge in [-0.25, -0.2) is 0 Å². The number of amides is 2. The van der Waals surface area contributed by atoms with Crippen LogP contribution in [0.1, 0.15) is 23.5 Å². The van der Waals surface area contributed by atoms with Crippen molar-refractivity contribution in [2.24, 2.45) is 0 Å². The zero-order valence-electron chi connectivity index (χ0n) is 11.7. The number of benzene rings is 2. The fraction of sp³-hybridized carbons (Fsp3) is 0.176. The maximum absolute atomic E-state index is 12.5. The zero-order valence-corrected chi connectivity index (χ0v) is 11.7. The maximum atomic E-state index is 12.5. The van der Waals surface area contributed by atoms with Crippen molar-refractivity contribution < 1.29 is 9.59 Å². The van der Waals surface area contributed by atoms with E-state index in [0.717, 1.165) is 22.5 Å². The minimum atomic E-state index is -0.448. The lowest BCUT2D eigenvalue weighted by atomic mass is 9.90. The van der Waals surface area contributed by atoms with Crippen molar-refractivity contribution in [1.29, 1.82) is 0 Å². The molecule has 2 aromatic carbocycles. The molecule has 0 aliphatic carbocycles. The first-order valence-electron chi connectivity index (χ1n) is 6.90. The number of rotatable bonds is 2. The van der Waals surface area contributed by atoms with Crippen LogP contribution in [-0.4, -0.2) is 11.8 Å². The van der Waals surface area contributed by atoms with Gasteiger partial charge in [-0.05, 0) is 30.7 Å². The summed E-state index contributed by atoms with van der Waals surface area (Å²) in [5.74, 6) is -0.727. The van der Waals surface area contributed by atoms with E-state index >= 15 is 0 Å². The number of fused-ring (bicyclic) bond motifs is 1. The van der Waals surface area contributed by atoms with Crippen molar-refractivity contribution in [3.8, 4) is 0 Å². The molecule has 0 radical (unpaired) electrons. The highest BCUT2D eigenvalue weighted by atomic mass is 16.2. The highest BCUT2D eigenvalue weighted by molar-refractivity contribution is 6.05. The summed E-state index contributed by atoms with van der Waals surface area (Å²) in [6.07, 6.45) is 0.175. The molecule has 3 rings (SSSR count). The number of carbonyl (C=O) groups is 2. The first kappa shape index (κ1) is 13.4. The van der Waals surface area contributed by atoms with Gasteiger partial charge >= 0.3 is 0 Å². The quantitative estimate of drug-likeness (QED) is 0.888. The summed E-state index contributed by atoms with van der Waals surface area (Å²) in [5.41, 5.74) is 3.46. The van der Waals surface area contributed by atoms with Crippen LogP contribution in [-0.2, 0) is 9.59 Å². The number of anilines is 2. The van der Waals surface area contributed by atoms with E-state index in [1.807, 2.05) is 55.5 Å². The van der Waals surface area contributed by atoms with Gasteiger partial charge in [-0.3, -0.25) is 9.59 Å². The van der Waals surface area contributed by atoms with E-state index in [2.05, 4.69) is 10.6 Å². The molecule has 21 heavy (non-hydrogen) atoms. The Labute approximate surface area is 123 Å². The zero-order chi connectivity index (χ0) is 14.8. The van der Waals surface area contributed by atoms with Gasteiger partial charge in [0.2, 0.25) is 11.8 Å². The second-order valence-electron chi connectivity index (χ2n) is 5.25. The minimum absolute atomic E-state index is 0.127. The largest absolute Gasteiger partial charge is 0.326 e. The molecule has 0 saturated heterocycles. The Hall–Kier alpha value is -2.62. The van der Waals surface area contributed by atoms with Crippen LogP contribution in [0.15, 0.2) is 48.5 Å². The molecule has 106 valence electrons. The molecule has 0 fully saturated rings. The molecule has 1 aliphatic heterocycles. The Bertz CT molecular complexity index is 692. The van der Waals surface area contributed by atoms with E-state index < -0.39 is 5.92 Å². The Kier molecular flexibility index (Phi) is 3.44. The maximum Gasteiger partial charge on any atom is 0.232 e. The van der Waals surface area contributed by atoms with Crippen LogP contribution in [0.25, 0.3) is 0 Å². The van der Waals surface area contributed by atoms with E-state index in [9.17, 15) is 9.59 Å². The van der Waals surface area contributed by atoms with Crippen LogP contribution >= 0.6 is 0 Å². The molecule has 0 spiro atoms. The highest BCUT2D eigenvalue weighted by Crippen LogP contribution is 2.32.